The summed E-state index contributed by atoms with van der Waals surface area (Å²) in [7, 11) is 0. The Labute approximate surface area is 78.6 Å². The molecule has 0 aromatic heterocycles. The molecule has 2 rings (SSSR count). The van der Waals surface area contributed by atoms with E-state index in [1.165, 1.54) is 6.42 Å². The zero-order valence-electron chi connectivity index (χ0n) is 8.03. The smallest absolute Gasteiger partial charge is 0.323 e. The number of hydrogen-bond donors (Lipinski definition) is 1. The maximum Gasteiger partial charge on any atom is 0.323 e. The molecule has 1 unspecified atom stereocenters. The van der Waals surface area contributed by atoms with Crippen LogP contribution in [0.3, 0.4) is 0 Å². The second-order valence-corrected chi connectivity index (χ2v) is 4.27. The molecule has 3 nitrogen and oxygen atoms in total. The van der Waals surface area contributed by atoms with Gasteiger partial charge >= 0.3 is 5.97 Å². The molecule has 0 aromatic carbocycles. The van der Waals surface area contributed by atoms with Crippen molar-refractivity contribution in [3.05, 3.63) is 0 Å². The van der Waals surface area contributed by atoms with Gasteiger partial charge in [0.15, 0.2) is 0 Å². The highest BCUT2D eigenvalue weighted by molar-refractivity contribution is 5.75. The molecule has 2 N–H and O–H groups in total. The van der Waals surface area contributed by atoms with Crippen molar-refractivity contribution in [3.8, 4) is 0 Å². The van der Waals surface area contributed by atoms with E-state index in [1.807, 2.05) is 6.92 Å². The number of rotatable bonds is 3. The van der Waals surface area contributed by atoms with Crippen molar-refractivity contribution in [2.24, 2.45) is 23.5 Å². The molecule has 0 amide bonds. The first kappa shape index (κ1) is 9.00. The molecule has 0 heterocycles. The third-order valence-corrected chi connectivity index (χ3v) is 3.35. The summed E-state index contributed by atoms with van der Waals surface area (Å²) in [4.78, 5) is 11.3. The Morgan fingerprint density at radius 2 is 2.08 bits per heavy atom. The lowest BCUT2D eigenvalue weighted by Gasteiger charge is -2.18. The fraction of sp³-hybridized carbons (Fsp3) is 0.900. The Balaban J connectivity index is 1.82. The Bertz CT molecular complexity index is 207. The van der Waals surface area contributed by atoms with Crippen LogP contribution >= 0.6 is 0 Å². The van der Waals surface area contributed by atoms with Crippen LogP contribution in [0.4, 0.5) is 0 Å². The predicted octanol–water partition coefficient (Wildman–Crippen LogP) is 0.923. The normalized spacial score (nSPS) is 38.2. The molecule has 0 bridgehead atoms. The number of carbonyl (C=O) groups excluding carboxylic acids is 1. The van der Waals surface area contributed by atoms with Crippen LogP contribution in [0, 0.1) is 17.8 Å². The van der Waals surface area contributed by atoms with E-state index in [9.17, 15) is 4.79 Å². The van der Waals surface area contributed by atoms with E-state index < -0.39 is 0 Å². The largest absolute Gasteiger partial charge is 0.465 e. The molecule has 0 saturated heterocycles. The number of fused-ring (bicyclic) bond motifs is 1. The second kappa shape index (κ2) is 3.29. The molecule has 0 spiro atoms. The van der Waals surface area contributed by atoms with Gasteiger partial charge in [-0.15, -0.1) is 0 Å². The van der Waals surface area contributed by atoms with E-state index in [4.69, 9.17) is 10.5 Å². The Kier molecular flexibility index (Phi) is 2.28. The van der Waals surface area contributed by atoms with Crippen molar-refractivity contribution < 1.29 is 9.53 Å². The van der Waals surface area contributed by atoms with E-state index in [0.717, 1.165) is 24.7 Å². The van der Waals surface area contributed by atoms with Gasteiger partial charge in [0.25, 0.3) is 0 Å². The molecule has 3 heteroatoms. The monoisotopic (exact) mass is 183 g/mol. The quantitative estimate of drug-likeness (QED) is 0.662. The first-order valence-corrected chi connectivity index (χ1v) is 5.14. The SMILES string of the molecule is CCOC(=O)C(N)[C@@H]1C[C@@H]2C[C@@H]2C1. The third-order valence-electron chi connectivity index (χ3n) is 3.35. The average Bonchev–Trinajstić information content (AvgIpc) is 2.73. The van der Waals surface area contributed by atoms with Crippen molar-refractivity contribution in [1.29, 1.82) is 0 Å². The molecule has 4 atom stereocenters. The lowest BCUT2D eigenvalue weighted by Crippen LogP contribution is -2.38. The molecule has 2 aliphatic rings. The summed E-state index contributed by atoms with van der Waals surface area (Å²) in [5.74, 6) is 1.94. The molecule has 13 heavy (non-hydrogen) atoms. The first-order chi connectivity index (χ1) is 6.22. The summed E-state index contributed by atoms with van der Waals surface area (Å²) in [6.07, 6.45) is 3.65. The summed E-state index contributed by atoms with van der Waals surface area (Å²) < 4.78 is 4.90. The zero-order chi connectivity index (χ0) is 9.42. The van der Waals surface area contributed by atoms with Gasteiger partial charge in [0.05, 0.1) is 6.61 Å². The van der Waals surface area contributed by atoms with Gasteiger partial charge in [0.2, 0.25) is 0 Å². The molecule has 0 radical (unpaired) electrons. The van der Waals surface area contributed by atoms with E-state index in [0.29, 0.717) is 12.5 Å². The molecule has 74 valence electrons. The third kappa shape index (κ3) is 1.70. The highest BCUT2D eigenvalue weighted by atomic mass is 16.5. The highest BCUT2D eigenvalue weighted by Crippen LogP contribution is 2.54. The minimum atomic E-state index is -0.368. The average molecular weight is 183 g/mol. The van der Waals surface area contributed by atoms with Crippen molar-refractivity contribution in [1.82, 2.24) is 0 Å². The van der Waals surface area contributed by atoms with Crippen LogP contribution in [0.25, 0.3) is 0 Å². The number of hydrogen-bond acceptors (Lipinski definition) is 3. The molecule has 0 aromatic rings. The summed E-state index contributed by atoms with van der Waals surface area (Å²) in [5.41, 5.74) is 5.82. The van der Waals surface area contributed by atoms with Crippen LogP contribution in [-0.4, -0.2) is 18.6 Å². The van der Waals surface area contributed by atoms with Crippen LogP contribution < -0.4 is 5.73 Å². The van der Waals surface area contributed by atoms with Gasteiger partial charge in [-0.3, -0.25) is 4.79 Å². The molecule has 2 saturated carbocycles. The standard InChI is InChI=1S/C10H17NO2/c1-2-13-10(12)9(11)8-4-6-3-7(6)5-8/h6-9H,2-5,11H2,1H3/t6-,7+,8+,9?. The minimum absolute atomic E-state index is 0.214. The second-order valence-electron chi connectivity index (χ2n) is 4.27. The maximum absolute atomic E-state index is 11.3. The molecular weight excluding hydrogens is 166 g/mol. The van der Waals surface area contributed by atoms with E-state index in [1.54, 1.807) is 0 Å². The van der Waals surface area contributed by atoms with Crippen LogP contribution in [0.2, 0.25) is 0 Å². The summed E-state index contributed by atoms with van der Waals surface area (Å²) in [6, 6.07) is -0.368. The number of esters is 1. The Hall–Kier alpha value is -0.570. The summed E-state index contributed by atoms with van der Waals surface area (Å²) in [5, 5.41) is 0. The molecular formula is C10H17NO2. The van der Waals surface area contributed by atoms with E-state index in [-0.39, 0.29) is 12.0 Å². The highest BCUT2D eigenvalue weighted by Gasteiger charge is 2.48. The lowest BCUT2D eigenvalue weighted by atomic mass is 9.95. The fourth-order valence-electron chi connectivity index (χ4n) is 2.49. The van der Waals surface area contributed by atoms with E-state index in [2.05, 4.69) is 0 Å². The molecule has 2 aliphatic carbocycles. The predicted molar refractivity (Wildman–Crippen MR) is 48.9 cm³/mol. The lowest BCUT2D eigenvalue weighted by molar-refractivity contribution is -0.146. The van der Waals surface area contributed by atoms with Crippen molar-refractivity contribution in [2.45, 2.75) is 32.2 Å². The van der Waals surface area contributed by atoms with Gasteiger partial charge in [-0.25, -0.2) is 0 Å². The molecule has 2 fully saturated rings. The van der Waals surface area contributed by atoms with Gasteiger partial charge in [0.1, 0.15) is 6.04 Å². The van der Waals surface area contributed by atoms with Crippen LogP contribution in [0.15, 0.2) is 0 Å². The van der Waals surface area contributed by atoms with E-state index >= 15 is 0 Å². The van der Waals surface area contributed by atoms with Crippen molar-refractivity contribution in [3.63, 3.8) is 0 Å². The van der Waals surface area contributed by atoms with Gasteiger partial charge in [0, 0.05) is 0 Å². The molecule has 0 aliphatic heterocycles. The van der Waals surface area contributed by atoms with Gasteiger partial charge in [-0.05, 0) is 43.9 Å². The van der Waals surface area contributed by atoms with Crippen LogP contribution in [-0.2, 0) is 9.53 Å². The van der Waals surface area contributed by atoms with Gasteiger partial charge in [-0.1, -0.05) is 0 Å². The van der Waals surface area contributed by atoms with Crippen LogP contribution in [0.5, 0.6) is 0 Å². The topological polar surface area (TPSA) is 52.3 Å². The summed E-state index contributed by atoms with van der Waals surface area (Å²) >= 11 is 0. The Morgan fingerprint density at radius 3 is 2.62 bits per heavy atom. The van der Waals surface area contributed by atoms with Crippen LogP contribution in [0.1, 0.15) is 26.2 Å². The van der Waals surface area contributed by atoms with Gasteiger partial charge in [-0.2, -0.15) is 0 Å². The Morgan fingerprint density at radius 1 is 1.46 bits per heavy atom. The first-order valence-electron chi connectivity index (χ1n) is 5.14. The van der Waals surface area contributed by atoms with Gasteiger partial charge < -0.3 is 10.5 Å². The fourth-order valence-corrected chi connectivity index (χ4v) is 2.49. The number of carbonyl (C=O) groups is 1. The minimum Gasteiger partial charge on any atom is -0.465 e. The summed E-state index contributed by atoms with van der Waals surface area (Å²) in [6.45, 7) is 2.25. The zero-order valence-corrected chi connectivity index (χ0v) is 8.03. The van der Waals surface area contributed by atoms with Crippen molar-refractivity contribution in [2.75, 3.05) is 6.61 Å². The van der Waals surface area contributed by atoms with Crippen molar-refractivity contribution >= 4 is 5.97 Å². The number of nitrogens with two attached hydrogens (primary N) is 1. The number of ether oxygens (including phenoxy) is 1. The maximum atomic E-state index is 11.3.